The van der Waals surface area contributed by atoms with Gasteiger partial charge in [0.15, 0.2) is 5.69 Å². The molecule has 86 valence electrons. The van der Waals surface area contributed by atoms with Gasteiger partial charge in [0.2, 0.25) is 0 Å². The molecule has 0 amide bonds. The van der Waals surface area contributed by atoms with Crippen LogP contribution in [0.25, 0.3) is 0 Å². The van der Waals surface area contributed by atoms with E-state index < -0.39 is 29.4 Å². The summed E-state index contributed by atoms with van der Waals surface area (Å²) in [5.74, 6) is 0. The quantitative estimate of drug-likeness (QED) is 0.702. The Morgan fingerprint density at radius 1 is 1.38 bits per heavy atom. The molecule has 2 nitrogen and oxygen atoms in total. The van der Waals surface area contributed by atoms with Crippen LogP contribution in [0.5, 0.6) is 0 Å². The average Bonchev–Trinajstić information content (AvgIpc) is 2.14. The van der Waals surface area contributed by atoms with Gasteiger partial charge in [0.1, 0.15) is 6.07 Å². The molecule has 0 fully saturated rings. The first-order chi connectivity index (χ1) is 7.29. The molecule has 0 aliphatic heterocycles. The topological polar surface area (TPSA) is 36.7 Å². The Kier molecular flexibility index (Phi) is 3.12. The highest BCUT2D eigenvalue weighted by Gasteiger charge is 2.39. The number of aryl methyl sites for hydroxylation is 1. The first-order valence-corrected chi connectivity index (χ1v) is 4.04. The number of hydrogen-bond donors (Lipinski definition) is 0. The summed E-state index contributed by atoms with van der Waals surface area (Å²) in [5.41, 5.74) is -3.73. The molecule has 0 aliphatic rings. The van der Waals surface area contributed by atoms with E-state index in [0.717, 1.165) is 6.20 Å². The molecule has 0 spiro atoms. The van der Waals surface area contributed by atoms with Crippen LogP contribution < -0.4 is 0 Å². The Morgan fingerprint density at radius 3 is 2.31 bits per heavy atom. The molecule has 1 aromatic heterocycles. The minimum atomic E-state index is -4.99. The molecule has 0 unspecified atom stereocenters. The lowest BCUT2D eigenvalue weighted by Crippen LogP contribution is -2.14. The van der Waals surface area contributed by atoms with E-state index in [9.17, 15) is 22.0 Å². The van der Waals surface area contributed by atoms with Crippen molar-refractivity contribution in [1.29, 1.82) is 5.26 Å². The van der Waals surface area contributed by atoms with Gasteiger partial charge in [0.25, 0.3) is 6.43 Å². The SMILES string of the molecule is Cc1cnc(C(F)(F)F)c(C(F)F)c1C#N. The molecule has 16 heavy (non-hydrogen) atoms. The van der Waals surface area contributed by atoms with E-state index >= 15 is 0 Å². The van der Waals surface area contributed by atoms with Crippen LogP contribution in [-0.2, 0) is 6.18 Å². The second-order valence-electron chi connectivity index (χ2n) is 2.99. The first kappa shape index (κ1) is 12.4. The van der Waals surface area contributed by atoms with Gasteiger partial charge < -0.3 is 0 Å². The Morgan fingerprint density at radius 2 is 1.94 bits per heavy atom. The minimum Gasteiger partial charge on any atom is -0.251 e. The maximum atomic E-state index is 12.5. The summed E-state index contributed by atoms with van der Waals surface area (Å²) in [5, 5.41) is 8.56. The Balaban J connectivity index is 3.60. The van der Waals surface area contributed by atoms with Crippen molar-refractivity contribution in [3.05, 3.63) is 28.6 Å². The van der Waals surface area contributed by atoms with Crippen LogP contribution in [-0.4, -0.2) is 4.98 Å². The van der Waals surface area contributed by atoms with Crippen LogP contribution in [0, 0.1) is 18.3 Å². The second kappa shape index (κ2) is 4.04. The van der Waals surface area contributed by atoms with E-state index in [-0.39, 0.29) is 5.56 Å². The largest absolute Gasteiger partial charge is 0.433 e. The maximum absolute atomic E-state index is 12.5. The van der Waals surface area contributed by atoms with Crippen molar-refractivity contribution in [2.24, 2.45) is 0 Å². The summed E-state index contributed by atoms with van der Waals surface area (Å²) >= 11 is 0. The summed E-state index contributed by atoms with van der Waals surface area (Å²) < 4.78 is 62.0. The third-order valence-electron chi connectivity index (χ3n) is 1.90. The number of rotatable bonds is 1. The lowest BCUT2D eigenvalue weighted by atomic mass is 10.0. The number of hydrogen-bond acceptors (Lipinski definition) is 2. The Labute approximate surface area is 87.3 Å². The molecule has 1 aromatic rings. The van der Waals surface area contributed by atoms with Crippen molar-refractivity contribution in [2.45, 2.75) is 19.5 Å². The van der Waals surface area contributed by atoms with Crippen molar-refractivity contribution < 1.29 is 22.0 Å². The molecule has 0 aliphatic carbocycles. The van der Waals surface area contributed by atoms with Crippen LogP contribution >= 0.6 is 0 Å². The number of halogens is 5. The van der Waals surface area contributed by atoms with E-state index in [1.165, 1.54) is 13.0 Å². The number of alkyl halides is 5. The van der Waals surface area contributed by atoms with Crippen molar-refractivity contribution in [3.8, 4) is 6.07 Å². The lowest BCUT2D eigenvalue weighted by Gasteiger charge is -2.13. The van der Waals surface area contributed by atoms with Crippen molar-refractivity contribution >= 4 is 0 Å². The van der Waals surface area contributed by atoms with Gasteiger partial charge in [-0.2, -0.15) is 18.4 Å². The zero-order chi connectivity index (χ0) is 12.5. The number of nitrogens with zero attached hydrogens (tertiary/aromatic N) is 2. The second-order valence-corrected chi connectivity index (χ2v) is 2.99. The monoisotopic (exact) mass is 236 g/mol. The number of aromatic nitrogens is 1. The van der Waals surface area contributed by atoms with Crippen molar-refractivity contribution in [1.82, 2.24) is 4.98 Å². The molecule has 0 atom stereocenters. The predicted molar refractivity (Wildman–Crippen MR) is 43.6 cm³/mol. The minimum absolute atomic E-state index is 0.00852. The lowest BCUT2D eigenvalue weighted by molar-refractivity contribution is -0.143. The summed E-state index contributed by atoms with van der Waals surface area (Å²) in [6.45, 7) is 1.25. The highest BCUT2D eigenvalue weighted by Crippen LogP contribution is 2.37. The molecule has 7 heteroatoms. The summed E-state index contributed by atoms with van der Waals surface area (Å²) in [6, 6.07) is 1.34. The van der Waals surface area contributed by atoms with E-state index in [4.69, 9.17) is 5.26 Å². The fourth-order valence-electron chi connectivity index (χ4n) is 1.21. The highest BCUT2D eigenvalue weighted by atomic mass is 19.4. The normalized spacial score (nSPS) is 11.6. The van der Waals surface area contributed by atoms with Gasteiger partial charge >= 0.3 is 6.18 Å². The van der Waals surface area contributed by atoms with Gasteiger partial charge in [-0.1, -0.05) is 0 Å². The van der Waals surface area contributed by atoms with Crippen LogP contribution in [0.1, 0.15) is 28.8 Å². The molecule has 0 aromatic carbocycles. The van der Waals surface area contributed by atoms with Gasteiger partial charge in [0, 0.05) is 6.20 Å². The van der Waals surface area contributed by atoms with E-state index in [1.54, 1.807) is 0 Å². The zero-order valence-corrected chi connectivity index (χ0v) is 7.94. The molecule has 1 heterocycles. The third kappa shape index (κ3) is 2.10. The van der Waals surface area contributed by atoms with Gasteiger partial charge in [-0.05, 0) is 12.5 Å². The molecule has 1 rings (SSSR count). The standard InChI is InChI=1S/C9H5F5N2/c1-4-3-16-7(9(12,13)14)6(8(10)11)5(4)2-15/h3,8H,1H3. The predicted octanol–water partition coefficient (Wildman–Crippen LogP) is 3.22. The maximum Gasteiger partial charge on any atom is 0.433 e. The third-order valence-corrected chi connectivity index (χ3v) is 1.90. The van der Waals surface area contributed by atoms with Crippen LogP contribution in [0.4, 0.5) is 22.0 Å². The zero-order valence-electron chi connectivity index (χ0n) is 7.94. The number of pyridine rings is 1. The van der Waals surface area contributed by atoms with Gasteiger partial charge in [-0.3, -0.25) is 4.98 Å². The van der Waals surface area contributed by atoms with Gasteiger partial charge in [0.05, 0.1) is 11.1 Å². The van der Waals surface area contributed by atoms with Gasteiger partial charge in [-0.15, -0.1) is 0 Å². The molecule has 0 radical (unpaired) electrons. The summed E-state index contributed by atoms with van der Waals surface area (Å²) in [4.78, 5) is 2.92. The van der Waals surface area contributed by atoms with Crippen molar-refractivity contribution in [2.75, 3.05) is 0 Å². The Bertz CT molecular complexity index is 444. The molecular weight excluding hydrogens is 231 g/mol. The highest BCUT2D eigenvalue weighted by molar-refractivity contribution is 5.46. The molecule has 0 saturated carbocycles. The average molecular weight is 236 g/mol. The molecule has 0 N–H and O–H groups in total. The molecule has 0 saturated heterocycles. The summed E-state index contributed by atoms with van der Waals surface area (Å²) in [7, 11) is 0. The van der Waals surface area contributed by atoms with Crippen LogP contribution in [0.15, 0.2) is 6.20 Å². The summed E-state index contributed by atoms with van der Waals surface area (Å²) in [6.07, 6.45) is -7.63. The van der Waals surface area contributed by atoms with E-state index in [1.807, 2.05) is 0 Å². The van der Waals surface area contributed by atoms with Crippen molar-refractivity contribution in [3.63, 3.8) is 0 Å². The smallest absolute Gasteiger partial charge is 0.251 e. The fourth-order valence-corrected chi connectivity index (χ4v) is 1.21. The fraction of sp³-hybridized carbons (Fsp3) is 0.333. The Hall–Kier alpha value is -1.71. The first-order valence-electron chi connectivity index (χ1n) is 4.04. The van der Waals surface area contributed by atoms with Crippen LogP contribution in [0.3, 0.4) is 0 Å². The van der Waals surface area contributed by atoms with Gasteiger partial charge in [-0.25, -0.2) is 8.78 Å². The van der Waals surface area contributed by atoms with E-state index in [0.29, 0.717) is 0 Å². The number of nitriles is 1. The van der Waals surface area contributed by atoms with E-state index in [2.05, 4.69) is 4.98 Å². The molecular formula is C9H5F5N2. The molecule has 0 bridgehead atoms. The van der Waals surface area contributed by atoms with Crippen LogP contribution in [0.2, 0.25) is 0 Å².